The molecule has 3 atom stereocenters. The van der Waals surface area contributed by atoms with Gasteiger partial charge in [0.05, 0.1) is 11.7 Å². The minimum atomic E-state index is -0.177. The molecule has 2 heterocycles. The molecule has 0 bridgehead atoms. The summed E-state index contributed by atoms with van der Waals surface area (Å²) in [7, 11) is 3.44. The monoisotopic (exact) mass is 469 g/mol. The number of aromatic nitrogens is 2. The van der Waals surface area contributed by atoms with Gasteiger partial charge in [-0.2, -0.15) is 0 Å². The third-order valence-electron chi connectivity index (χ3n) is 6.18. The highest BCUT2D eigenvalue weighted by atomic mass is 16.5. The Hall–Kier alpha value is -3.04. The maximum atomic E-state index is 13.4. The van der Waals surface area contributed by atoms with Crippen molar-refractivity contribution in [3.05, 3.63) is 48.0 Å². The van der Waals surface area contributed by atoms with E-state index < -0.39 is 0 Å². The Balaban J connectivity index is 1.93. The Morgan fingerprint density at radius 3 is 2.65 bits per heavy atom. The minimum Gasteiger partial charge on any atom is -0.491 e. The van der Waals surface area contributed by atoms with Gasteiger partial charge in [0, 0.05) is 69.9 Å². The Morgan fingerprint density at radius 2 is 1.97 bits per heavy atom. The number of nitrogens with one attached hydrogen (secondary N) is 1. The first kappa shape index (κ1) is 25.6. The molecule has 0 radical (unpaired) electrons. The first-order valence-electron chi connectivity index (χ1n) is 11.6. The van der Waals surface area contributed by atoms with E-state index in [-0.39, 0.29) is 29.9 Å². The van der Waals surface area contributed by atoms with E-state index in [9.17, 15) is 9.59 Å². The van der Waals surface area contributed by atoms with Crippen molar-refractivity contribution < 1.29 is 19.1 Å². The van der Waals surface area contributed by atoms with Gasteiger partial charge in [-0.3, -0.25) is 14.5 Å². The topological polar surface area (TPSA) is 96.9 Å². The number of fused-ring (bicyclic) bond motifs is 1. The van der Waals surface area contributed by atoms with E-state index in [1.807, 2.05) is 12.4 Å². The van der Waals surface area contributed by atoms with Crippen LogP contribution < -0.4 is 10.1 Å². The zero-order chi connectivity index (χ0) is 24.7. The van der Waals surface area contributed by atoms with Crippen LogP contribution in [0.5, 0.6) is 5.75 Å². The lowest BCUT2D eigenvalue weighted by atomic mass is 10.0. The summed E-state index contributed by atoms with van der Waals surface area (Å²) >= 11 is 0. The average molecular weight is 470 g/mol. The predicted octanol–water partition coefficient (Wildman–Crippen LogP) is 2.83. The van der Waals surface area contributed by atoms with Crippen molar-refractivity contribution in [3.63, 3.8) is 0 Å². The van der Waals surface area contributed by atoms with Crippen molar-refractivity contribution in [1.82, 2.24) is 19.8 Å². The van der Waals surface area contributed by atoms with Gasteiger partial charge in [0.2, 0.25) is 5.91 Å². The number of ether oxygens (including phenoxy) is 2. The SMILES string of the molecule is CCC(=O)Nc1ccc2c(c1)C(=O)N(C)C[C@@H](OC)[C@@H](C)CN(Cc1cncnc1)[C@@H](C)CO2. The molecule has 0 aliphatic carbocycles. The normalized spacial score (nSPS) is 22.2. The van der Waals surface area contributed by atoms with Crippen molar-refractivity contribution in [2.45, 2.75) is 45.9 Å². The van der Waals surface area contributed by atoms with Crippen LogP contribution in [0.2, 0.25) is 0 Å². The standard InChI is InChI=1S/C25H35N5O4/c1-6-24(31)28-20-7-8-22-21(9-20)25(32)29(4)14-23(33-5)17(2)12-30(18(3)15-34-22)13-19-10-26-16-27-11-19/h7-11,16-18,23H,6,12-15H2,1-5H3,(H,28,31)/t17-,18-,23+/m0/s1. The van der Waals surface area contributed by atoms with E-state index in [4.69, 9.17) is 9.47 Å². The fourth-order valence-electron chi connectivity index (χ4n) is 4.05. The van der Waals surface area contributed by atoms with E-state index in [2.05, 4.69) is 34.0 Å². The van der Waals surface area contributed by atoms with Gasteiger partial charge in [-0.25, -0.2) is 9.97 Å². The van der Waals surface area contributed by atoms with Gasteiger partial charge >= 0.3 is 0 Å². The van der Waals surface area contributed by atoms with E-state index in [1.54, 1.807) is 44.2 Å². The van der Waals surface area contributed by atoms with Crippen LogP contribution in [0.15, 0.2) is 36.9 Å². The van der Waals surface area contributed by atoms with Gasteiger partial charge in [-0.05, 0) is 31.0 Å². The quantitative estimate of drug-likeness (QED) is 0.719. The summed E-state index contributed by atoms with van der Waals surface area (Å²) in [5.74, 6) is 0.353. The van der Waals surface area contributed by atoms with E-state index >= 15 is 0 Å². The fraction of sp³-hybridized carbons (Fsp3) is 0.520. The lowest BCUT2D eigenvalue weighted by molar-refractivity contribution is -0.115. The first-order valence-corrected chi connectivity index (χ1v) is 11.6. The number of amides is 2. The Kier molecular flexibility index (Phi) is 8.95. The summed E-state index contributed by atoms with van der Waals surface area (Å²) in [4.78, 5) is 37.5. The Labute approximate surface area is 201 Å². The van der Waals surface area contributed by atoms with Crippen LogP contribution in [0.25, 0.3) is 0 Å². The number of benzene rings is 1. The highest BCUT2D eigenvalue weighted by Crippen LogP contribution is 2.27. The molecule has 184 valence electrons. The molecule has 0 saturated heterocycles. The third kappa shape index (κ3) is 6.51. The van der Waals surface area contributed by atoms with Gasteiger partial charge in [0.1, 0.15) is 18.7 Å². The molecule has 0 unspecified atom stereocenters. The van der Waals surface area contributed by atoms with Crippen molar-refractivity contribution in [3.8, 4) is 5.75 Å². The van der Waals surface area contributed by atoms with Crippen LogP contribution >= 0.6 is 0 Å². The number of hydrogen-bond acceptors (Lipinski definition) is 7. The summed E-state index contributed by atoms with van der Waals surface area (Å²) in [5.41, 5.74) is 2.00. The number of carbonyl (C=O) groups excluding carboxylic acids is 2. The molecule has 1 aromatic heterocycles. The lowest BCUT2D eigenvalue weighted by Gasteiger charge is -2.36. The molecule has 0 saturated carbocycles. The first-order chi connectivity index (χ1) is 16.3. The van der Waals surface area contributed by atoms with Gasteiger partial charge in [-0.1, -0.05) is 13.8 Å². The van der Waals surface area contributed by atoms with Gasteiger partial charge in [-0.15, -0.1) is 0 Å². The summed E-state index contributed by atoms with van der Waals surface area (Å²) in [6.07, 6.45) is 5.37. The summed E-state index contributed by atoms with van der Waals surface area (Å²) < 4.78 is 12.0. The molecule has 2 amide bonds. The van der Waals surface area contributed by atoms with Gasteiger partial charge < -0.3 is 19.7 Å². The highest BCUT2D eigenvalue weighted by molar-refractivity contribution is 5.99. The van der Waals surface area contributed by atoms with Crippen molar-refractivity contribution in [1.29, 1.82) is 0 Å². The van der Waals surface area contributed by atoms with Crippen LogP contribution in [0, 0.1) is 5.92 Å². The van der Waals surface area contributed by atoms with Crippen LogP contribution in [0.3, 0.4) is 0 Å². The number of hydrogen-bond donors (Lipinski definition) is 1. The Morgan fingerprint density at radius 1 is 1.24 bits per heavy atom. The molecule has 1 N–H and O–H groups in total. The fourth-order valence-corrected chi connectivity index (χ4v) is 4.05. The predicted molar refractivity (Wildman–Crippen MR) is 130 cm³/mol. The number of methoxy groups -OCH3 is 1. The smallest absolute Gasteiger partial charge is 0.257 e. The number of nitrogens with zero attached hydrogens (tertiary/aromatic N) is 4. The molecule has 34 heavy (non-hydrogen) atoms. The van der Waals surface area contributed by atoms with E-state index in [0.717, 1.165) is 12.1 Å². The van der Waals surface area contributed by atoms with Crippen LogP contribution in [-0.2, 0) is 16.1 Å². The second kappa shape index (κ2) is 11.9. The average Bonchev–Trinajstić information content (AvgIpc) is 2.85. The number of rotatable bonds is 5. The third-order valence-corrected chi connectivity index (χ3v) is 6.18. The molecule has 1 aliphatic heterocycles. The molecule has 1 aliphatic rings. The summed E-state index contributed by atoms with van der Waals surface area (Å²) in [5, 5.41) is 2.82. The largest absolute Gasteiger partial charge is 0.491 e. The molecule has 1 aromatic carbocycles. The molecule has 0 spiro atoms. The molecule has 9 nitrogen and oxygen atoms in total. The molecular formula is C25H35N5O4. The Bertz CT molecular complexity index is 971. The molecular weight excluding hydrogens is 434 g/mol. The zero-order valence-corrected chi connectivity index (χ0v) is 20.7. The molecule has 9 heteroatoms. The number of likely N-dealkylation sites (N-methyl/N-ethyl adjacent to an activating group) is 1. The van der Waals surface area contributed by atoms with Gasteiger partial charge in [0.15, 0.2) is 0 Å². The molecule has 2 aromatic rings. The van der Waals surface area contributed by atoms with Crippen molar-refractivity contribution >= 4 is 17.5 Å². The minimum absolute atomic E-state index is 0.0553. The molecule has 0 fully saturated rings. The lowest BCUT2D eigenvalue weighted by Crippen LogP contribution is -2.46. The van der Waals surface area contributed by atoms with E-state index in [1.165, 1.54) is 6.33 Å². The van der Waals surface area contributed by atoms with Crippen molar-refractivity contribution in [2.75, 3.05) is 39.2 Å². The summed E-state index contributed by atoms with van der Waals surface area (Å²) in [6.45, 7) is 8.28. The van der Waals surface area contributed by atoms with Crippen LogP contribution in [0.1, 0.15) is 43.1 Å². The number of carbonyl (C=O) groups is 2. The van der Waals surface area contributed by atoms with Crippen LogP contribution in [-0.4, -0.2) is 77.6 Å². The second-order valence-electron chi connectivity index (χ2n) is 8.89. The maximum Gasteiger partial charge on any atom is 0.257 e. The zero-order valence-electron chi connectivity index (χ0n) is 20.7. The van der Waals surface area contributed by atoms with Crippen molar-refractivity contribution in [2.24, 2.45) is 5.92 Å². The van der Waals surface area contributed by atoms with Gasteiger partial charge in [0.25, 0.3) is 5.91 Å². The maximum absolute atomic E-state index is 13.4. The highest BCUT2D eigenvalue weighted by Gasteiger charge is 2.28. The number of anilines is 1. The second-order valence-corrected chi connectivity index (χ2v) is 8.89. The van der Waals surface area contributed by atoms with Crippen LogP contribution in [0.4, 0.5) is 5.69 Å². The van der Waals surface area contributed by atoms with E-state index in [0.29, 0.717) is 43.1 Å². The summed E-state index contributed by atoms with van der Waals surface area (Å²) in [6, 6.07) is 5.24. The molecule has 3 rings (SSSR count).